The summed E-state index contributed by atoms with van der Waals surface area (Å²) in [5.41, 5.74) is 2.46. The van der Waals surface area contributed by atoms with Crippen LogP contribution in [-0.2, 0) is 4.79 Å². The molecule has 2 aromatic carbocycles. The van der Waals surface area contributed by atoms with Gasteiger partial charge in [-0.1, -0.05) is 6.92 Å². The fraction of sp³-hybridized carbons (Fsp3) is 0.481. The first-order valence-corrected chi connectivity index (χ1v) is 12.3. The number of carbonyl (C=O) groups is 1. The standard InChI is InChI=1S/C27H36N4O5/c1-6-29-11-13-30(14-12-29)18-27(32)31-24(22-15-19(33-2)8-10-25(22)35-4)17-23(28-31)21-9-7-20(34-3)16-26(21)36-5/h7-10,15-16,24H,6,11-14,17-18H2,1-5H3/t24-/m0/s1. The molecule has 2 aliphatic rings. The fourth-order valence-electron chi connectivity index (χ4n) is 4.81. The molecule has 0 saturated carbocycles. The highest BCUT2D eigenvalue weighted by Gasteiger charge is 2.36. The smallest absolute Gasteiger partial charge is 0.257 e. The van der Waals surface area contributed by atoms with Crippen LogP contribution in [0.1, 0.15) is 30.5 Å². The number of nitrogens with zero attached hydrogens (tertiary/aromatic N) is 4. The molecule has 1 fully saturated rings. The molecule has 1 atom stereocenters. The summed E-state index contributed by atoms with van der Waals surface area (Å²) < 4.78 is 22.2. The third-order valence-electron chi connectivity index (χ3n) is 6.95. The van der Waals surface area contributed by atoms with Crippen LogP contribution < -0.4 is 18.9 Å². The lowest BCUT2D eigenvalue weighted by molar-refractivity contribution is -0.134. The molecule has 1 saturated heterocycles. The molecule has 36 heavy (non-hydrogen) atoms. The average Bonchev–Trinajstić information content (AvgIpc) is 3.38. The van der Waals surface area contributed by atoms with Gasteiger partial charge in [0.2, 0.25) is 0 Å². The Labute approximate surface area is 213 Å². The van der Waals surface area contributed by atoms with E-state index in [4.69, 9.17) is 24.0 Å². The summed E-state index contributed by atoms with van der Waals surface area (Å²) in [6.45, 7) is 7.18. The van der Waals surface area contributed by atoms with Crippen molar-refractivity contribution in [1.29, 1.82) is 0 Å². The van der Waals surface area contributed by atoms with Gasteiger partial charge in [-0.05, 0) is 36.9 Å². The van der Waals surface area contributed by atoms with E-state index in [1.54, 1.807) is 33.4 Å². The van der Waals surface area contributed by atoms with E-state index in [2.05, 4.69) is 16.7 Å². The number of hydrogen-bond donors (Lipinski definition) is 0. The van der Waals surface area contributed by atoms with Crippen LogP contribution in [0, 0.1) is 0 Å². The molecule has 0 bridgehead atoms. The van der Waals surface area contributed by atoms with Gasteiger partial charge in [-0.3, -0.25) is 9.69 Å². The van der Waals surface area contributed by atoms with Gasteiger partial charge in [0, 0.05) is 49.8 Å². The Kier molecular flexibility index (Phi) is 8.32. The maximum atomic E-state index is 13.7. The van der Waals surface area contributed by atoms with Crippen molar-refractivity contribution in [3.63, 3.8) is 0 Å². The van der Waals surface area contributed by atoms with Crippen LogP contribution in [0.25, 0.3) is 0 Å². The quantitative estimate of drug-likeness (QED) is 0.528. The minimum atomic E-state index is -0.332. The first kappa shape index (κ1) is 25.8. The van der Waals surface area contributed by atoms with E-state index in [0.29, 0.717) is 36.0 Å². The molecule has 4 rings (SSSR count). The van der Waals surface area contributed by atoms with E-state index in [-0.39, 0.29) is 11.9 Å². The molecule has 0 aliphatic carbocycles. The van der Waals surface area contributed by atoms with Gasteiger partial charge in [0.1, 0.15) is 23.0 Å². The Bertz CT molecular complexity index is 1100. The number of benzene rings is 2. The summed E-state index contributed by atoms with van der Waals surface area (Å²) >= 11 is 0. The lowest BCUT2D eigenvalue weighted by Crippen LogP contribution is -2.49. The van der Waals surface area contributed by atoms with Gasteiger partial charge in [0.25, 0.3) is 5.91 Å². The van der Waals surface area contributed by atoms with E-state index in [9.17, 15) is 4.79 Å². The largest absolute Gasteiger partial charge is 0.497 e. The Morgan fingerprint density at radius 1 is 0.861 bits per heavy atom. The van der Waals surface area contributed by atoms with Gasteiger partial charge >= 0.3 is 0 Å². The monoisotopic (exact) mass is 496 g/mol. The fourth-order valence-corrected chi connectivity index (χ4v) is 4.81. The Morgan fingerprint density at radius 2 is 1.50 bits per heavy atom. The highest BCUT2D eigenvalue weighted by Crippen LogP contribution is 2.41. The lowest BCUT2D eigenvalue weighted by atomic mass is 9.96. The predicted octanol–water partition coefficient (Wildman–Crippen LogP) is 3.04. The van der Waals surface area contributed by atoms with Gasteiger partial charge in [-0.15, -0.1) is 0 Å². The van der Waals surface area contributed by atoms with Crippen LogP contribution in [0.5, 0.6) is 23.0 Å². The minimum Gasteiger partial charge on any atom is -0.497 e. The van der Waals surface area contributed by atoms with Crippen LogP contribution in [0.15, 0.2) is 41.5 Å². The number of hydrazone groups is 1. The predicted molar refractivity (Wildman–Crippen MR) is 138 cm³/mol. The maximum absolute atomic E-state index is 13.7. The molecule has 1 amide bonds. The number of piperazine rings is 1. The second-order valence-corrected chi connectivity index (χ2v) is 8.89. The zero-order chi connectivity index (χ0) is 25.7. The highest BCUT2D eigenvalue weighted by molar-refractivity contribution is 6.05. The van der Waals surface area contributed by atoms with E-state index in [0.717, 1.165) is 49.6 Å². The number of carbonyl (C=O) groups excluding carboxylic acids is 1. The van der Waals surface area contributed by atoms with E-state index >= 15 is 0 Å². The lowest BCUT2D eigenvalue weighted by Gasteiger charge is -2.34. The average molecular weight is 497 g/mol. The van der Waals surface area contributed by atoms with E-state index < -0.39 is 0 Å². The normalized spacial score (nSPS) is 18.6. The molecule has 0 spiro atoms. The maximum Gasteiger partial charge on any atom is 0.257 e. The Morgan fingerprint density at radius 3 is 2.14 bits per heavy atom. The zero-order valence-corrected chi connectivity index (χ0v) is 21.8. The summed E-state index contributed by atoms with van der Waals surface area (Å²) in [5.74, 6) is 2.68. The number of ether oxygens (including phenoxy) is 4. The number of rotatable bonds is 9. The molecular weight excluding hydrogens is 460 g/mol. The van der Waals surface area contributed by atoms with Crippen LogP contribution in [0.3, 0.4) is 0 Å². The molecule has 0 unspecified atom stereocenters. The third kappa shape index (κ3) is 5.42. The van der Waals surface area contributed by atoms with Crippen molar-refractivity contribution in [2.24, 2.45) is 5.10 Å². The van der Waals surface area contributed by atoms with Crippen LogP contribution in [-0.4, -0.2) is 94.1 Å². The zero-order valence-electron chi connectivity index (χ0n) is 21.8. The van der Waals surface area contributed by atoms with Crippen molar-refractivity contribution in [2.75, 3.05) is 67.7 Å². The summed E-state index contributed by atoms with van der Waals surface area (Å²) in [6, 6.07) is 10.9. The van der Waals surface area contributed by atoms with Crippen LogP contribution >= 0.6 is 0 Å². The first-order chi connectivity index (χ1) is 17.5. The van der Waals surface area contributed by atoms with Crippen molar-refractivity contribution in [2.45, 2.75) is 19.4 Å². The Hall–Kier alpha value is -3.30. The van der Waals surface area contributed by atoms with Crippen molar-refractivity contribution in [1.82, 2.24) is 14.8 Å². The molecule has 9 nitrogen and oxygen atoms in total. The number of hydrogen-bond acceptors (Lipinski definition) is 8. The van der Waals surface area contributed by atoms with E-state index in [1.807, 2.05) is 36.4 Å². The summed E-state index contributed by atoms with van der Waals surface area (Å²) in [4.78, 5) is 18.3. The molecule has 0 radical (unpaired) electrons. The van der Waals surface area contributed by atoms with Crippen molar-refractivity contribution < 1.29 is 23.7 Å². The van der Waals surface area contributed by atoms with Crippen molar-refractivity contribution in [3.05, 3.63) is 47.5 Å². The number of amides is 1. The van der Waals surface area contributed by atoms with Gasteiger partial charge in [-0.25, -0.2) is 5.01 Å². The molecule has 194 valence electrons. The van der Waals surface area contributed by atoms with Gasteiger partial charge in [-0.2, -0.15) is 5.10 Å². The minimum absolute atomic E-state index is 0.0442. The first-order valence-electron chi connectivity index (χ1n) is 12.3. The molecule has 0 aromatic heterocycles. The number of methoxy groups -OCH3 is 4. The highest BCUT2D eigenvalue weighted by atomic mass is 16.5. The molecular formula is C27H36N4O5. The molecule has 2 aliphatic heterocycles. The SMILES string of the molecule is CCN1CCN(CC(=O)N2N=C(c3ccc(OC)cc3OC)C[C@H]2c2cc(OC)ccc2OC)CC1. The Balaban J connectivity index is 1.67. The number of likely N-dealkylation sites (N-methyl/N-ethyl adjacent to an activating group) is 1. The van der Waals surface area contributed by atoms with Crippen molar-refractivity contribution in [3.8, 4) is 23.0 Å². The summed E-state index contributed by atoms with van der Waals surface area (Å²) in [7, 11) is 6.50. The van der Waals surface area contributed by atoms with Gasteiger partial charge in [0.15, 0.2) is 0 Å². The summed E-state index contributed by atoms with van der Waals surface area (Å²) in [6.07, 6.45) is 0.515. The van der Waals surface area contributed by atoms with E-state index in [1.165, 1.54) is 0 Å². The topological polar surface area (TPSA) is 76.1 Å². The molecule has 2 aromatic rings. The van der Waals surface area contributed by atoms with Crippen LogP contribution in [0.4, 0.5) is 0 Å². The molecule has 9 heteroatoms. The van der Waals surface area contributed by atoms with Crippen molar-refractivity contribution >= 4 is 11.6 Å². The second kappa shape index (κ2) is 11.6. The second-order valence-electron chi connectivity index (χ2n) is 8.89. The molecule has 2 heterocycles. The summed E-state index contributed by atoms with van der Waals surface area (Å²) in [5, 5.41) is 6.47. The van der Waals surface area contributed by atoms with Gasteiger partial charge in [0.05, 0.1) is 46.7 Å². The third-order valence-corrected chi connectivity index (χ3v) is 6.95. The molecule has 0 N–H and O–H groups in total. The van der Waals surface area contributed by atoms with Crippen LogP contribution in [0.2, 0.25) is 0 Å². The van der Waals surface area contributed by atoms with Gasteiger partial charge < -0.3 is 23.8 Å².